The van der Waals surface area contributed by atoms with E-state index in [0.29, 0.717) is 45.0 Å². The molecule has 15 heteroatoms. The van der Waals surface area contributed by atoms with Gasteiger partial charge in [-0.15, -0.1) is 16.4 Å². The summed E-state index contributed by atoms with van der Waals surface area (Å²) in [5.74, 6) is -2.64. The van der Waals surface area contributed by atoms with E-state index in [2.05, 4.69) is 71.5 Å². The van der Waals surface area contributed by atoms with Crippen LogP contribution >= 0.6 is 11.3 Å². The van der Waals surface area contributed by atoms with Crippen LogP contribution in [0.1, 0.15) is 102 Å². The maximum atomic E-state index is 14.9. The third-order valence-electron chi connectivity index (χ3n) is 14.2. The molecule has 11 nitrogen and oxygen atoms in total. The van der Waals surface area contributed by atoms with Crippen LogP contribution < -0.4 is 5.32 Å². The number of amides is 2. The van der Waals surface area contributed by atoms with Gasteiger partial charge in [-0.1, -0.05) is 101 Å². The fraction of sp³-hybridized carbons (Fsp3) is 0.612. The van der Waals surface area contributed by atoms with Gasteiger partial charge in [0.1, 0.15) is 12.1 Å². The van der Waals surface area contributed by atoms with Crippen LogP contribution in [0.2, 0.25) is 18.1 Å². The summed E-state index contributed by atoms with van der Waals surface area (Å²) in [4.78, 5) is 38.5. The summed E-state index contributed by atoms with van der Waals surface area (Å²) in [5, 5.41) is 12.2. The topological polar surface area (TPSA) is 115 Å². The molecule has 4 aromatic rings. The molecule has 64 heavy (non-hydrogen) atoms. The number of thiazole rings is 1. The van der Waals surface area contributed by atoms with Gasteiger partial charge in [0.15, 0.2) is 8.32 Å². The Morgan fingerprint density at radius 2 is 1.69 bits per heavy atom. The summed E-state index contributed by atoms with van der Waals surface area (Å²) in [6.45, 7) is 22.0. The third kappa shape index (κ3) is 11.2. The van der Waals surface area contributed by atoms with E-state index in [-0.39, 0.29) is 36.0 Å². The summed E-state index contributed by atoms with van der Waals surface area (Å²) in [5.41, 5.74) is 5.04. The Kier molecular flexibility index (Phi) is 14.4. The Hall–Kier alpha value is -3.89. The second-order valence-electron chi connectivity index (χ2n) is 21.3. The Balaban J connectivity index is 0.967. The molecular formula is C49H69F2N7O4SSi. The van der Waals surface area contributed by atoms with Gasteiger partial charge in [-0.25, -0.2) is 18.4 Å². The lowest BCUT2D eigenvalue weighted by atomic mass is 9.85. The van der Waals surface area contributed by atoms with E-state index in [9.17, 15) is 18.4 Å². The lowest BCUT2D eigenvalue weighted by Gasteiger charge is -2.38. The number of hydrogen-bond acceptors (Lipinski definition) is 9. The van der Waals surface area contributed by atoms with Crippen molar-refractivity contribution in [2.24, 2.45) is 16.7 Å². The lowest BCUT2D eigenvalue weighted by molar-refractivity contribution is -0.144. The van der Waals surface area contributed by atoms with Crippen molar-refractivity contribution in [3.8, 4) is 10.4 Å². The molecule has 0 unspecified atom stereocenters. The van der Waals surface area contributed by atoms with E-state index in [0.717, 1.165) is 65.3 Å². The van der Waals surface area contributed by atoms with Gasteiger partial charge in [0.25, 0.3) is 5.92 Å². The van der Waals surface area contributed by atoms with Gasteiger partial charge in [-0.05, 0) is 91.9 Å². The number of likely N-dealkylation sites (tertiary alicyclic amines) is 2. The van der Waals surface area contributed by atoms with Crippen LogP contribution in [0.25, 0.3) is 10.4 Å². The highest BCUT2D eigenvalue weighted by molar-refractivity contribution is 7.13. The highest BCUT2D eigenvalue weighted by Crippen LogP contribution is 2.61. The summed E-state index contributed by atoms with van der Waals surface area (Å²) < 4.78 is 43.9. The van der Waals surface area contributed by atoms with Crippen molar-refractivity contribution in [2.45, 2.75) is 142 Å². The monoisotopic (exact) mass is 917 g/mol. The van der Waals surface area contributed by atoms with Crippen molar-refractivity contribution in [2.75, 3.05) is 32.8 Å². The van der Waals surface area contributed by atoms with Gasteiger partial charge in [-0.3, -0.25) is 9.59 Å². The van der Waals surface area contributed by atoms with Gasteiger partial charge in [0.05, 0.1) is 46.5 Å². The second kappa shape index (κ2) is 19.1. The van der Waals surface area contributed by atoms with Crippen molar-refractivity contribution >= 4 is 31.5 Å². The quantitative estimate of drug-likeness (QED) is 0.104. The highest BCUT2D eigenvalue weighted by atomic mass is 32.1. The number of nitrogens with zero attached hydrogens (tertiary/aromatic N) is 6. The maximum Gasteiger partial charge on any atom is 0.258 e. The molecule has 2 aliphatic heterocycles. The number of carbonyl (C=O) groups excluding carboxylic acids is 2. The molecule has 2 aromatic carbocycles. The van der Waals surface area contributed by atoms with Crippen molar-refractivity contribution in [1.29, 1.82) is 0 Å². The summed E-state index contributed by atoms with van der Waals surface area (Å²) in [6, 6.07) is 16.4. The number of alkyl halides is 2. The Labute approximate surface area is 383 Å². The molecular weight excluding hydrogens is 849 g/mol. The van der Waals surface area contributed by atoms with Crippen LogP contribution in [0.4, 0.5) is 8.78 Å². The predicted molar refractivity (Wildman–Crippen MR) is 250 cm³/mol. The first-order valence-corrected chi connectivity index (χ1v) is 26.8. The number of benzene rings is 2. The molecule has 7 rings (SSSR count). The lowest BCUT2D eigenvalue weighted by Crippen LogP contribution is -2.50. The molecule has 4 atom stereocenters. The minimum absolute atomic E-state index is 0.0382. The van der Waals surface area contributed by atoms with E-state index in [1.165, 1.54) is 0 Å². The van der Waals surface area contributed by atoms with Gasteiger partial charge in [-0.2, -0.15) is 0 Å². The fourth-order valence-corrected chi connectivity index (χ4v) is 11.3. The second-order valence-corrected chi connectivity index (χ2v) is 26.9. The van der Waals surface area contributed by atoms with Crippen LogP contribution in [0, 0.1) is 23.7 Å². The highest BCUT2D eigenvalue weighted by Gasteiger charge is 2.71. The van der Waals surface area contributed by atoms with Gasteiger partial charge in [0.2, 0.25) is 11.8 Å². The zero-order chi connectivity index (χ0) is 46.1. The minimum atomic E-state index is -2.70. The first-order chi connectivity index (χ1) is 30.1. The largest absolute Gasteiger partial charge is 0.412 e. The molecule has 3 fully saturated rings. The van der Waals surface area contributed by atoms with E-state index in [4.69, 9.17) is 9.16 Å². The molecule has 1 N–H and O–H groups in total. The van der Waals surface area contributed by atoms with E-state index in [1.807, 2.05) is 81.9 Å². The molecule has 1 aliphatic carbocycles. The smallest absolute Gasteiger partial charge is 0.258 e. The number of piperidine rings is 1. The van der Waals surface area contributed by atoms with Gasteiger partial charge >= 0.3 is 0 Å². The maximum absolute atomic E-state index is 14.9. The standard InChI is InChI=1S/C49H69F2N7O4SSi/c1-34-42(63-33-53-34)38-18-15-36(16-19-38)26-52-44(59)41-25-40(62-64(8,9)47(5,6)7)28-57(41)45(60)43(46(2,3)4)58-27-39(54-55-58)20-17-35-21-23-56(24-22-35)31-48(30-49(48,50)51)32-61-29-37-13-11-10-12-14-37/h10-16,18-19,27,33,35,40-41,43H,17,20-26,28-32H2,1-9H3,(H,52,59)/t40-,41+,43-,48-/m1/s1. The van der Waals surface area contributed by atoms with Crippen molar-refractivity contribution < 1.29 is 27.5 Å². The van der Waals surface area contributed by atoms with E-state index in [1.54, 1.807) is 20.9 Å². The van der Waals surface area contributed by atoms with Crippen molar-refractivity contribution in [1.82, 2.24) is 35.1 Å². The SMILES string of the molecule is Cc1ncsc1-c1ccc(CNC(=O)[C@@H]2C[C@@H](O[Si](C)(C)C(C)(C)C)CN2C(=O)[C@@H](n2cc(CCC3CCN(C[C@@]4(COCc5ccccc5)CC4(F)F)CC3)nn2)C(C)(C)C)cc1. The fourth-order valence-electron chi connectivity index (χ4n) is 9.13. The van der Waals surface area contributed by atoms with Gasteiger partial charge < -0.3 is 24.3 Å². The minimum Gasteiger partial charge on any atom is -0.412 e. The molecule has 0 spiro atoms. The predicted octanol–water partition coefficient (Wildman–Crippen LogP) is 9.49. The normalized spacial score (nSPS) is 22.5. The molecule has 2 saturated heterocycles. The number of aromatic nitrogens is 4. The summed E-state index contributed by atoms with van der Waals surface area (Å²) in [7, 11) is -2.22. The summed E-state index contributed by atoms with van der Waals surface area (Å²) >= 11 is 1.61. The first kappa shape index (κ1) is 48.1. The van der Waals surface area contributed by atoms with Crippen LogP contribution in [-0.2, 0) is 38.3 Å². The zero-order valence-electron chi connectivity index (χ0n) is 39.3. The number of aryl methyl sites for hydroxylation is 2. The summed E-state index contributed by atoms with van der Waals surface area (Å²) in [6.07, 6.45) is 5.37. The van der Waals surface area contributed by atoms with Crippen LogP contribution in [0.5, 0.6) is 0 Å². The van der Waals surface area contributed by atoms with Crippen LogP contribution in [0.3, 0.4) is 0 Å². The molecule has 4 heterocycles. The number of ether oxygens (including phenoxy) is 1. The van der Waals surface area contributed by atoms with Gasteiger partial charge in [0, 0.05) is 38.7 Å². The molecule has 0 bridgehead atoms. The van der Waals surface area contributed by atoms with Crippen LogP contribution in [0.15, 0.2) is 66.3 Å². The number of rotatable bonds is 17. The zero-order valence-corrected chi connectivity index (χ0v) is 41.1. The molecule has 2 aromatic heterocycles. The Morgan fingerprint density at radius 3 is 2.30 bits per heavy atom. The Morgan fingerprint density at radius 1 is 1.00 bits per heavy atom. The molecule has 2 amide bonds. The van der Waals surface area contributed by atoms with Crippen molar-refractivity contribution in [3.63, 3.8) is 0 Å². The number of carbonyl (C=O) groups is 2. The number of nitrogens with one attached hydrogen (secondary N) is 1. The molecule has 0 radical (unpaired) electrons. The average molecular weight is 918 g/mol. The van der Waals surface area contributed by atoms with Crippen molar-refractivity contribution in [3.05, 3.63) is 88.8 Å². The van der Waals surface area contributed by atoms with E-state index < -0.39 is 37.2 Å². The van der Waals surface area contributed by atoms with Crippen LogP contribution in [-0.4, -0.2) is 101 Å². The van der Waals surface area contributed by atoms with E-state index >= 15 is 0 Å². The molecule has 348 valence electrons. The number of halogens is 2. The molecule has 3 aliphatic rings. The third-order valence-corrected chi connectivity index (χ3v) is 19.7. The first-order valence-electron chi connectivity index (χ1n) is 23.0. The average Bonchev–Trinajstić information content (AvgIpc) is 3.77. The molecule has 1 saturated carbocycles. The number of hydrogen-bond donors (Lipinski definition) is 1. The Bertz CT molecular complexity index is 2200.